The Morgan fingerprint density at radius 3 is 2.48 bits per heavy atom. The van der Waals surface area contributed by atoms with Crippen molar-refractivity contribution in [3.8, 4) is 0 Å². The maximum Gasteiger partial charge on any atom is 0.255 e. The molecule has 7 nitrogen and oxygen atoms in total. The number of aromatic amines is 1. The van der Waals surface area contributed by atoms with Crippen molar-refractivity contribution in [1.82, 2.24) is 20.5 Å². The summed E-state index contributed by atoms with van der Waals surface area (Å²) in [4.78, 5) is 46.7. The Labute approximate surface area is 233 Å². The molecule has 2 aliphatic heterocycles. The zero-order valence-corrected chi connectivity index (χ0v) is 22.2. The number of H-pyrrole nitrogens is 1. The lowest BCUT2D eigenvalue weighted by molar-refractivity contribution is -0.132. The SMILES string of the molecule is O=C(NC1CCCC1)[C@H](Cc1ccccc1)NC(=O)[C@@H]1Cc2c([nH]c3ccccc23)[C@H]2c3ccccc3C(=O)N21. The van der Waals surface area contributed by atoms with Crippen molar-refractivity contribution in [3.05, 3.63) is 107 Å². The average Bonchev–Trinajstić information content (AvgIpc) is 3.70. The lowest BCUT2D eigenvalue weighted by Crippen LogP contribution is -2.57. The van der Waals surface area contributed by atoms with E-state index in [0.717, 1.165) is 59.0 Å². The first-order chi connectivity index (χ1) is 19.6. The van der Waals surface area contributed by atoms with Gasteiger partial charge >= 0.3 is 0 Å². The summed E-state index contributed by atoms with van der Waals surface area (Å²) in [6.07, 6.45) is 4.90. The van der Waals surface area contributed by atoms with Gasteiger partial charge in [-0.15, -0.1) is 0 Å². The smallest absolute Gasteiger partial charge is 0.255 e. The second-order valence-corrected chi connectivity index (χ2v) is 11.2. The van der Waals surface area contributed by atoms with Crippen molar-refractivity contribution in [2.24, 2.45) is 0 Å². The summed E-state index contributed by atoms with van der Waals surface area (Å²) in [5.41, 5.74) is 5.50. The van der Waals surface area contributed by atoms with Gasteiger partial charge in [-0.3, -0.25) is 14.4 Å². The van der Waals surface area contributed by atoms with Gasteiger partial charge in [0.15, 0.2) is 0 Å². The van der Waals surface area contributed by atoms with Crippen LogP contribution in [0.25, 0.3) is 10.9 Å². The number of benzene rings is 3. The van der Waals surface area contributed by atoms with Crippen LogP contribution in [-0.4, -0.2) is 45.7 Å². The van der Waals surface area contributed by atoms with Gasteiger partial charge in [0, 0.05) is 41.0 Å². The predicted octanol–water partition coefficient (Wildman–Crippen LogP) is 4.42. The van der Waals surface area contributed by atoms with Crippen molar-refractivity contribution < 1.29 is 14.4 Å². The van der Waals surface area contributed by atoms with Crippen molar-refractivity contribution in [2.45, 2.75) is 62.7 Å². The molecule has 3 N–H and O–H groups in total. The van der Waals surface area contributed by atoms with Crippen LogP contribution in [0.1, 0.15) is 64.5 Å². The van der Waals surface area contributed by atoms with Gasteiger partial charge in [-0.2, -0.15) is 0 Å². The second kappa shape index (κ2) is 9.97. The van der Waals surface area contributed by atoms with Crippen molar-refractivity contribution in [3.63, 3.8) is 0 Å². The van der Waals surface area contributed by atoms with Gasteiger partial charge in [0.2, 0.25) is 11.8 Å². The molecule has 1 fully saturated rings. The normalized spacial score (nSPS) is 20.6. The number of fused-ring (bicyclic) bond motifs is 7. The summed E-state index contributed by atoms with van der Waals surface area (Å²) in [5, 5.41) is 7.32. The quantitative estimate of drug-likeness (QED) is 0.343. The predicted molar refractivity (Wildman–Crippen MR) is 153 cm³/mol. The molecule has 1 aromatic heterocycles. The van der Waals surface area contributed by atoms with Gasteiger partial charge in [-0.25, -0.2) is 0 Å². The molecule has 0 spiro atoms. The Morgan fingerprint density at radius 2 is 1.65 bits per heavy atom. The number of hydrogen-bond acceptors (Lipinski definition) is 3. The van der Waals surface area contributed by atoms with Crippen LogP contribution in [0.4, 0.5) is 0 Å². The monoisotopic (exact) mass is 532 g/mol. The molecular formula is C33H32N4O3. The molecule has 0 saturated heterocycles. The molecule has 3 atom stereocenters. The molecule has 3 heterocycles. The van der Waals surface area contributed by atoms with Crippen LogP contribution < -0.4 is 10.6 Å². The number of nitrogens with zero attached hydrogens (tertiary/aromatic N) is 1. The maximum atomic E-state index is 14.2. The summed E-state index contributed by atoms with van der Waals surface area (Å²) in [6.45, 7) is 0. The van der Waals surface area contributed by atoms with Gasteiger partial charge in [-0.1, -0.05) is 79.6 Å². The Morgan fingerprint density at radius 1 is 0.925 bits per heavy atom. The molecule has 3 aliphatic rings. The first kappa shape index (κ1) is 24.6. The van der Waals surface area contributed by atoms with Crippen LogP contribution >= 0.6 is 0 Å². The van der Waals surface area contributed by atoms with E-state index in [-0.39, 0.29) is 29.8 Å². The zero-order chi connectivity index (χ0) is 27.2. The summed E-state index contributed by atoms with van der Waals surface area (Å²) in [7, 11) is 0. The van der Waals surface area contributed by atoms with Crippen LogP contribution in [0.2, 0.25) is 0 Å². The van der Waals surface area contributed by atoms with Crippen molar-refractivity contribution in [1.29, 1.82) is 0 Å². The lowest BCUT2D eigenvalue weighted by Gasteiger charge is -2.37. The van der Waals surface area contributed by atoms with Crippen LogP contribution in [0.15, 0.2) is 78.9 Å². The highest BCUT2D eigenvalue weighted by Crippen LogP contribution is 2.46. The van der Waals surface area contributed by atoms with E-state index in [9.17, 15) is 14.4 Å². The summed E-state index contributed by atoms with van der Waals surface area (Å²) in [6, 6.07) is 23.7. The number of rotatable bonds is 6. The number of para-hydroxylation sites is 1. The fourth-order valence-corrected chi connectivity index (χ4v) is 6.84. The van der Waals surface area contributed by atoms with Gasteiger partial charge in [0.05, 0.1) is 6.04 Å². The Bertz CT molecular complexity index is 1600. The number of hydrogen-bond donors (Lipinski definition) is 3. The van der Waals surface area contributed by atoms with Gasteiger partial charge in [0.25, 0.3) is 5.91 Å². The third-order valence-electron chi connectivity index (χ3n) is 8.77. The Hall–Kier alpha value is -4.39. The van der Waals surface area contributed by atoms with Crippen LogP contribution in [0.3, 0.4) is 0 Å². The topological polar surface area (TPSA) is 94.3 Å². The lowest BCUT2D eigenvalue weighted by atomic mass is 9.89. The minimum absolute atomic E-state index is 0.144. The molecule has 0 bridgehead atoms. The number of aromatic nitrogens is 1. The highest BCUT2D eigenvalue weighted by atomic mass is 16.2. The standard InChI is InChI=1S/C33H32N4O3/c38-31(34-21-12-4-5-13-21)27(18-20-10-2-1-3-11-20)36-32(39)28-19-25-22-14-8-9-17-26(22)35-29(25)30-23-15-6-7-16-24(23)33(40)37(28)30/h1-3,6-11,14-17,21,27-28,30,35H,4-5,12-13,18-19H2,(H,34,38)(H,36,39)/t27-,28-,30+/m0/s1. The summed E-state index contributed by atoms with van der Waals surface area (Å²) >= 11 is 0. The number of carbonyl (C=O) groups excluding carboxylic acids is 3. The molecule has 1 saturated carbocycles. The molecular weight excluding hydrogens is 500 g/mol. The maximum absolute atomic E-state index is 14.2. The van der Waals surface area contributed by atoms with E-state index in [4.69, 9.17) is 0 Å². The van der Waals surface area contributed by atoms with Crippen LogP contribution in [0.5, 0.6) is 0 Å². The van der Waals surface area contributed by atoms with E-state index in [1.807, 2.05) is 72.8 Å². The van der Waals surface area contributed by atoms with Gasteiger partial charge < -0.3 is 20.5 Å². The van der Waals surface area contributed by atoms with E-state index in [2.05, 4.69) is 21.7 Å². The van der Waals surface area contributed by atoms with E-state index in [1.54, 1.807) is 4.90 Å². The fraction of sp³-hybridized carbons (Fsp3) is 0.303. The minimum atomic E-state index is -0.742. The first-order valence-electron chi connectivity index (χ1n) is 14.2. The Kier molecular flexibility index (Phi) is 6.14. The Balaban J connectivity index is 1.24. The van der Waals surface area contributed by atoms with Crippen molar-refractivity contribution >= 4 is 28.6 Å². The summed E-state index contributed by atoms with van der Waals surface area (Å²) in [5.74, 6) is -0.620. The third-order valence-corrected chi connectivity index (χ3v) is 8.77. The zero-order valence-electron chi connectivity index (χ0n) is 22.2. The second-order valence-electron chi connectivity index (χ2n) is 11.2. The van der Waals surface area contributed by atoms with Crippen LogP contribution in [-0.2, 0) is 22.4 Å². The van der Waals surface area contributed by atoms with Gasteiger partial charge in [-0.05, 0) is 41.7 Å². The average molecular weight is 533 g/mol. The summed E-state index contributed by atoms with van der Waals surface area (Å²) < 4.78 is 0. The molecule has 4 aromatic rings. The van der Waals surface area contributed by atoms with Crippen LogP contribution in [0, 0.1) is 0 Å². The number of carbonyl (C=O) groups is 3. The molecule has 40 heavy (non-hydrogen) atoms. The molecule has 7 heteroatoms. The third kappa shape index (κ3) is 4.17. The molecule has 7 rings (SSSR count). The molecule has 3 amide bonds. The highest BCUT2D eigenvalue weighted by molar-refractivity contribution is 6.04. The fourth-order valence-electron chi connectivity index (χ4n) is 6.84. The first-order valence-corrected chi connectivity index (χ1v) is 14.2. The van der Waals surface area contributed by atoms with E-state index < -0.39 is 12.1 Å². The van der Waals surface area contributed by atoms with E-state index in [1.165, 1.54) is 0 Å². The largest absolute Gasteiger partial charge is 0.356 e. The van der Waals surface area contributed by atoms with E-state index in [0.29, 0.717) is 18.4 Å². The molecule has 202 valence electrons. The van der Waals surface area contributed by atoms with Gasteiger partial charge in [0.1, 0.15) is 12.1 Å². The number of amides is 3. The molecule has 0 radical (unpaired) electrons. The number of nitrogens with one attached hydrogen (secondary N) is 3. The van der Waals surface area contributed by atoms with Crippen molar-refractivity contribution in [2.75, 3.05) is 0 Å². The van der Waals surface area contributed by atoms with E-state index >= 15 is 0 Å². The highest BCUT2D eigenvalue weighted by Gasteiger charge is 2.49. The minimum Gasteiger partial charge on any atom is -0.356 e. The molecule has 0 unspecified atom stereocenters. The molecule has 3 aromatic carbocycles. The molecule has 1 aliphatic carbocycles.